The Morgan fingerprint density at radius 2 is 1.62 bits per heavy atom. The van der Waals surface area contributed by atoms with Crippen LogP contribution >= 0.6 is 0 Å². The third kappa shape index (κ3) is 5.16. The Balaban J connectivity index is 1.40. The minimum Gasteiger partial charge on any atom is -0.508 e. The van der Waals surface area contributed by atoms with E-state index in [2.05, 4.69) is 40.6 Å². The van der Waals surface area contributed by atoms with Gasteiger partial charge in [0.2, 0.25) is 0 Å². The van der Waals surface area contributed by atoms with Gasteiger partial charge >= 0.3 is 0 Å². The molecular weight excluding hydrogens is 424 g/mol. The lowest BCUT2D eigenvalue weighted by Crippen LogP contribution is -2.39. The van der Waals surface area contributed by atoms with Crippen molar-refractivity contribution in [3.63, 3.8) is 0 Å². The molecule has 0 radical (unpaired) electrons. The van der Waals surface area contributed by atoms with Crippen LogP contribution in [0.4, 0.5) is 5.69 Å². The minimum atomic E-state index is 0.118. The summed E-state index contributed by atoms with van der Waals surface area (Å²) in [6.07, 6.45) is 8.80. The molecule has 2 aliphatic heterocycles. The molecule has 2 saturated heterocycles. The molecule has 5 heteroatoms. The fraction of sp³-hybridized carbons (Fsp3) is 0.345. The number of allylic oxidation sites excluding steroid dienone is 1. The van der Waals surface area contributed by atoms with Crippen LogP contribution in [0.15, 0.2) is 66.3 Å². The highest BCUT2D eigenvalue weighted by molar-refractivity contribution is 6.14. The molecule has 0 aromatic heterocycles. The number of hydrogen-bond donors (Lipinski definition) is 1. The van der Waals surface area contributed by atoms with Crippen molar-refractivity contribution in [2.24, 2.45) is 0 Å². The monoisotopic (exact) mass is 456 g/mol. The van der Waals surface area contributed by atoms with Crippen molar-refractivity contribution in [2.75, 3.05) is 44.3 Å². The van der Waals surface area contributed by atoms with E-state index < -0.39 is 0 Å². The molecular formula is C29H32N2O3. The number of ketones is 1. The summed E-state index contributed by atoms with van der Waals surface area (Å²) >= 11 is 0. The van der Waals surface area contributed by atoms with Gasteiger partial charge in [-0.3, -0.25) is 9.69 Å². The Morgan fingerprint density at radius 3 is 2.26 bits per heavy atom. The standard InChI is InChI=1S/C29H32N2O3/c1-2-3-23-17-22(6-11-28(23)32)18-25-20-31(27-9-10-27)19-24(29(25)33)16-21-4-7-26(8-5-21)30-12-14-34-15-13-30/h2,4-8,11,16-18,27,32H,1,3,9-10,12-15,19-20H2/b24-16+,25-18+. The predicted octanol–water partition coefficient (Wildman–Crippen LogP) is 4.47. The molecule has 0 unspecified atom stereocenters. The number of nitrogens with zero attached hydrogens (tertiary/aromatic N) is 2. The van der Waals surface area contributed by atoms with Crippen molar-refractivity contribution < 1.29 is 14.6 Å². The maximum Gasteiger partial charge on any atom is 0.187 e. The Bertz CT molecular complexity index is 1120. The summed E-state index contributed by atoms with van der Waals surface area (Å²) in [7, 11) is 0. The van der Waals surface area contributed by atoms with Gasteiger partial charge in [0, 0.05) is 49.1 Å². The molecule has 1 aliphatic carbocycles. The number of hydrogen-bond acceptors (Lipinski definition) is 5. The van der Waals surface area contributed by atoms with E-state index in [0.717, 1.165) is 54.1 Å². The van der Waals surface area contributed by atoms with Gasteiger partial charge in [-0.1, -0.05) is 24.3 Å². The van der Waals surface area contributed by atoms with Crippen molar-refractivity contribution >= 4 is 23.6 Å². The van der Waals surface area contributed by atoms with Gasteiger partial charge in [0.1, 0.15) is 5.75 Å². The summed E-state index contributed by atoms with van der Waals surface area (Å²) < 4.78 is 5.45. The number of phenolic OH excluding ortho intramolecular Hbond substituents is 1. The van der Waals surface area contributed by atoms with Crippen LogP contribution in [0, 0.1) is 0 Å². The summed E-state index contributed by atoms with van der Waals surface area (Å²) in [5.74, 6) is 0.380. The molecule has 2 heterocycles. The number of Topliss-reactive ketones (excluding diaryl/α,β-unsaturated/α-hetero) is 1. The van der Waals surface area contributed by atoms with Gasteiger partial charge in [0.25, 0.3) is 0 Å². The van der Waals surface area contributed by atoms with Crippen LogP contribution in [0.1, 0.15) is 29.5 Å². The normalized spacial score (nSPS) is 21.9. The molecule has 3 fully saturated rings. The Morgan fingerprint density at radius 1 is 0.971 bits per heavy atom. The SMILES string of the molecule is C=CCc1cc(/C=C2\CN(C3CC3)C/C(=C\c3ccc(N4CCOCC4)cc3)C2=O)ccc1O. The smallest absolute Gasteiger partial charge is 0.187 e. The van der Waals surface area contributed by atoms with Gasteiger partial charge in [-0.25, -0.2) is 0 Å². The largest absolute Gasteiger partial charge is 0.508 e. The maximum atomic E-state index is 13.5. The molecule has 0 bridgehead atoms. The highest BCUT2D eigenvalue weighted by Crippen LogP contribution is 2.33. The van der Waals surface area contributed by atoms with Crippen molar-refractivity contribution in [3.8, 4) is 5.75 Å². The molecule has 1 saturated carbocycles. The number of piperidine rings is 1. The topological polar surface area (TPSA) is 53.0 Å². The number of likely N-dealkylation sites (tertiary alicyclic amines) is 1. The van der Waals surface area contributed by atoms with Crippen molar-refractivity contribution in [1.29, 1.82) is 0 Å². The first-order valence-electron chi connectivity index (χ1n) is 12.2. The highest BCUT2D eigenvalue weighted by atomic mass is 16.5. The van der Waals surface area contributed by atoms with Crippen LogP contribution in [-0.2, 0) is 16.0 Å². The third-order valence-corrected chi connectivity index (χ3v) is 6.81. The Kier molecular flexibility index (Phi) is 6.66. The van der Waals surface area contributed by atoms with E-state index in [1.54, 1.807) is 12.1 Å². The van der Waals surface area contributed by atoms with Crippen LogP contribution in [0.25, 0.3) is 12.2 Å². The number of benzene rings is 2. The first-order chi connectivity index (χ1) is 16.6. The number of carbonyl (C=O) groups is 1. The Labute approximate surface area is 201 Å². The lowest BCUT2D eigenvalue weighted by molar-refractivity contribution is -0.113. The molecule has 1 N–H and O–H groups in total. The van der Waals surface area contributed by atoms with E-state index in [0.29, 0.717) is 25.6 Å². The first-order valence-corrected chi connectivity index (χ1v) is 12.2. The molecule has 2 aromatic carbocycles. The average Bonchev–Trinajstić information content (AvgIpc) is 3.70. The number of carbonyl (C=O) groups excluding carboxylic acids is 1. The van der Waals surface area contributed by atoms with Crippen molar-refractivity contribution in [2.45, 2.75) is 25.3 Å². The molecule has 34 heavy (non-hydrogen) atoms. The van der Waals surface area contributed by atoms with Gasteiger partial charge < -0.3 is 14.7 Å². The fourth-order valence-corrected chi connectivity index (χ4v) is 4.78. The van der Waals surface area contributed by atoms with Crippen LogP contribution < -0.4 is 4.90 Å². The number of phenols is 1. The summed E-state index contributed by atoms with van der Waals surface area (Å²) in [5.41, 5.74) is 5.66. The van der Waals surface area contributed by atoms with Gasteiger partial charge in [-0.15, -0.1) is 6.58 Å². The molecule has 0 atom stereocenters. The lowest BCUT2D eigenvalue weighted by Gasteiger charge is -2.30. The second-order valence-electron chi connectivity index (χ2n) is 9.38. The number of anilines is 1. The molecule has 0 amide bonds. The molecule has 2 aromatic rings. The van der Waals surface area contributed by atoms with Crippen molar-refractivity contribution in [3.05, 3.63) is 83.0 Å². The summed E-state index contributed by atoms with van der Waals surface area (Å²) in [6.45, 7) is 8.50. The highest BCUT2D eigenvalue weighted by Gasteiger charge is 2.35. The molecule has 0 spiro atoms. The molecule has 176 valence electrons. The van der Waals surface area contributed by atoms with Crippen LogP contribution in [0.5, 0.6) is 5.75 Å². The lowest BCUT2D eigenvalue weighted by atomic mass is 9.93. The summed E-state index contributed by atoms with van der Waals surface area (Å²) in [4.78, 5) is 18.2. The number of aromatic hydroxyl groups is 1. The van der Waals surface area contributed by atoms with E-state index in [9.17, 15) is 9.90 Å². The van der Waals surface area contributed by atoms with Gasteiger partial charge in [-0.2, -0.15) is 0 Å². The van der Waals surface area contributed by atoms with Crippen LogP contribution in [-0.4, -0.2) is 61.2 Å². The zero-order valence-electron chi connectivity index (χ0n) is 19.6. The van der Waals surface area contributed by atoms with E-state index >= 15 is 0 Å². The summed E-state index contributed by atoms with van der Waals surface area (Å²) in [5, 5.41) is 10.1. The van der Waals surface area contributed by atoms with E-state index in [4.69, 9.17) is 4.74 Å². The van der Waals surface area contributed by atoms with Gasteiger partial charge in [0.05, 0.1) is 13.2 Å². The second kappa shape index (κ2) is 10.00. The fourth-order valence-electron chi connectivity index (χ4n) is 4.78. The zero-order chi connectivity index (χ0) is 23.5. The number of ether oxygens (including phenoxy) is 1. The molecule has 5 rings (SSSR count). The van der Waals surface area contributed by atoms with Gasteiger partial charge in [0.15, 0.2) is 5.78 Å². The third-order valence-electron chi connectivity index (χ3n) is 6.81. The predicted molar refractivity (Wildman–Crippen MR) is 137 cm³/mol. The van der Waals surface area contributed by atoms with Gasteiger partial charge in [-0.05, 0) is 72.4 Å². The van der Waals surface area contributed by atoms with Crippen LogP contribution in [0.2, 0.25) is 0 Å². The van der Waals surface area contributed by atoms with Crippen LogP contribution in [0.3, 0.4) is 0 Å². The van der Waals surface area contributed by atoms with E-state index in [1.807, 2.05) is 24.3 Å². The minimum absolute atomic E-state index is 0.118. The van der Waals surface area contributed by atoms with Crippen molar-refractivity contribution in [1.82, 2.24) is 4.90 Å². The molecule has 3 aliphatic rings. The first kappa shape index (κ1) is 22.6. The second-order valence-corrected chi connectivity index (χ2v) is 9.38. The quantitative estimate of drug-likeness (QED) is 0.513. The Hall–Kier alpha value is -3.15. The van der Waals surface area contributed by atoms with E-state index in [-0.39, 0.29) is 11.5 Å². The number of rotatable bonds is 6. The molecule has 5 nitrogen and oxygen atoms in total. The average molecular weight is 457 g/mol. The maximum absolute atomic E-state index is 13.5. The van der Waals surface area contributed by atoms with E-state index in [1.165, 1.54) is 18.5 Å². The summed E-state index contributed by atoms with van der Waals surface area (Å²) in [6, 6.07) is 14.6. The number of morpholine rings is 1. The zero-order valence-corrected chi connectivity index (χ0v) is 19.6.